The summed E-state index contributed by atoms with van der Waals surface area (Å²) in [5, 5.41) is 25.6. The van der Waals surface area contributed by atoms with E-state index in [0.717, 1.165) is 50.6 Å². The summed E-state index contributed by atoms with van der Waals surface area (Å²) in [6.45, 7) is 12.0. The summed E-state index contributed by atoms with van der Waals surface area (Å²) < 4.78 is 52.4. The Morgan fingerprint density at radius 2 is 1.15 bits per heavy atom. The zero-order valence-electron chi connectivity index (χ0n) is 30.1. The van der Waals surface area contributed by atoms with Crippen molar-refractivity contribution >= 4 is 24.3 Å². The predicted molar refractivity (Wildman–Crippen MR) is 205 cm³/mol. The molecule has 4 aromatic rings. The number of hydrogen-bond acceptors (Lipinski definition) is 6. The Balaban J connectivity index is 1.58. The number of rotatable bonds is 17. The predicted octanol–water partition coefficient (Wildman–Crippen LogP) is 8.55. The molecule has 0 fully saturated rings. The van der Waals surface area contributed by atoms with E-state index in [4.69, 9.17) is 9.47 Å². The van der Waals surface area contributed by atoms with E-state index in [2.05, 4.69) is 61.1 Å². The summed E-state index contributed by atoms with van der Waals surface area (Å²) in [5.74, 6) is 0.805. The maximum atomic E-state index is 14.0. The van der Waals surface area contributed by atoms with Crippen molar-refractivity contribution < 1.29 is 32.9 Å². The highest BCUT2D eigenvalue weighted by Crippen LogP contribution is 2.35. The zero-order chi connectivity index (χ0) is 37.8. The highest BCUT2D eigenvalue weighted by atomic mass is 19.4. The summed E-state index contributed by atoms with van der Waals surface area (Å²) >= 11 is 0. The molecule has 2 atom stereocenters. The van der Waals surface area contributed by atoms with Gasteiger partial charge in [-0.1, -0.05) is 104 Å². The first kappa shape index (κ1) is 39.8. The third-order valence-electron chi connectivity index (χ3n) is 9.08. The van der Waals surface area contributed by atoms with Crippen molar-refractivity contribution in [1.29, 1.82) is 0 Å². The van der Waals surface area contributed by atoms with Crippen LogP contribution in [0, 0.1) is 13.8 Å². The number of methoxy groups -OCH3 is 2. The Morgan fingerprint density at radius 3 is 1.65 bits per heavy atom. The molecule has 0 amide bonds. The number of aliphatic hydroxyl groups excluding tert-OH is 2. The Labute approximate surface area is 304 Å². The first-order chi connectivity index (χ1) is 24.9. The summed E-state index contributed by atoms with van der Waals surface area (Å²) in [4.78, 5) is 0. The van der Waals surface area contributed by atoms with Crippen LogP contribution in [0.15, 0.2) is 104 Å². The molecular weight excluding hydrogens is 665 g/mol. The molecule has 0 bridgehead atoms. The maximum Gasteiger partial charge on any atom is 0.416 e. The van der Waals surface area contributed by atoms with Gasteiger partial charge in [-0.05, 0) is 81.6 Å². The van der Waals surface area contributed by atoms with Gasteiger partial charge in [0.05, 0.1) is 45.1 Å². The number of aliphatic hydroxyl groups is 2. The van der Waals surface area contributed by atoms with Gasteiger partial charge in [-0.25, -0.2) is 0 Å². The molecule has 0 spiro atoms. The molecule has 9 heteroatoms. The molecule has 0 saturated carbocycles. The molecule has 0 heterocycles. The molecular formula is C43H47F3N2O4. The Hall–Kier alpha value is -4.93. The molecule has 4 rings (SSSR count). The van der Waals surface area contributed by atoms with Gasteiger partial charge < -0.3 is 30.3 Å². The van der Waals surface area contributed by atoms with Gasteiger partial charge in [0.2, 0.25) is 0 Å². The standard InChI is InChI=1S/C43H47F3N2O4/c1-28-35(18-16-32-10-7-11-33(22-32)24-47-41(26-49)30(3)51-5)12-8-14-38(28)39-15-9-13-36(29(39)2)19-20-37-23-34(17-21-40(37)43(44,45)46)25-48-42(27-50)31(4)52-6/h7-23,41-42,47-50H,3-4,24-27H2,1-2,5-6H3/b18-16+,20-19+. The van der Waals surface area contributed by atoms with E-state index in [0.29, 0.717) is 23.6 Å². The smallest absolute Gasteiger partial charge is 0.416 e. The molecule has 0 saturated heterocycles. The van der Waals surface area contributed by atoms with Crippen LogP contribution in [-0.2, 0) is 28.7 Å². The van der Waals surface area contributed by atoms with E-state index >= 15 is 0 Å². The van der Waals surface area contributed by atoms with E-state index in [1.807, 2.05) is 49.4 Å². The number of nitrogens with one attached hydrogen (secondary N) is 2. The fourth-order valence-corrected chi connectivity index (χ4v) is 5.87. The van der Waals surface area contributed by atoms with Gasteiger partial charge >= 0.3 is 6.18 Å². The molecule has 6 nitrogen and oxygen atoms in total. The minimum absolute atomic E-state index is 0.0412. The van der Waals surface area contributed by atoms with Gasteiger partial charge in [0.15, 0.2) is 0 Å². The third-order valence-corrected chi connectivity index (χ3v) is 9.08. The van der Waals surface area contributed by atoms with E-state index in [1.165, 1.54) is 32.4 Å². The van der Waals surface area contributed by atoms with Crippen LogP contribution >= 0.6 is 0 Å². The Kier molecular flexibility index (Phi) is 14.2. The average Bonchev–Trinajstić information content (AvgIpc) is 3.14. The van der Waals surface area contributed by atoms with Crippen LogP contribution in [0.25, 0.3) is 35.4 Å². The molecule has 2 unspecified atom stereocenters. The van der Waals surface area contributed by atoms with Crippen molar-refractivity contribution in [2.75, 3.05) is 27.4 Å². The quantitative estimate of drug-likeness (QED) is 0.0649. The number of benzene rings is 4. The Bertz CT molecular complexity index is 1920. The van der Waals surface area contributed by atoms with Crippen LogP contribution < -0.4 is 10.6 Å². The fraction of sp³-hybridized carbons (Fsp3) is 0.256. The molecule has 274 valence electrons. The average molecular weight is 713 g/mol. The molecule has 0 aliphatic heterocycles. The lowest BCUT2D eigenvalue weighted by atomic mass is 9.91. The molecule has 4 N–H and O–H groups in total. The molecule has 0 aliphatic carbocycles. The van der Waals surface area contributed by atoms with Gasteiger partial charge in [-0.3, -0.25) is 0 Å². The fourth-order valence-electron chi connectivity index (χ4n) is 5.87. The van der Waals surface area contributed by atoms with Gasteiger partial charge in [0.1, 0.15) is 11.5 Å². The van der Waals surface area contributed by atoms with Crippen LogP contribution in [0.3, 0.4) is 0 Å². The molecule has 4 aromatic carbocycles. The third kappa shape index (κ3) is 10.3. The second-order valence-electron chi connectivity index (χ2n) is 12.4. The highest BCUT2D eigenvalue weighted by molar-refractivity contribution is 5.82. The minimum Gasteiger partial charge on any atom is -0.500 e. The van der Waals surface area contributed by atoms with E-state index in [-0.39, 0.29) is 31.4 Å². The zero-order valence-corrected chi connectivity index (χ0v) is 30.1. The van der Waals surface area contributed by atoms with Crippen LogP contribution in [0.4, 0.5) is 13.2 Å². The molecule has 0 aromatic heterocycles. The molecule has 52 heavy (non-hydrogen) atoms. The Morgan fingerprint density at radius 1 is 0.673 bits per heavy atom. The molecule has 0 radical (unpaired) electrons. The van der Waals surface area contributed by atoms with Crippen LogP contribution in [-0.4, -0.2) is 49.7 Å². The van der Waals surface area contributed by atoms with Gasteiger partial charge in [-0.2, -0.15) is 13.2 Å². The van der Waals surface area contributed by atoms with Crippen molar-refractivity contribution in [3.8, 4) is 11.1 Å². The van der Waals surface area contributed by atoms with Crippen LogP contribution in [0.1, 0.15) is 50.1 Å². The number of alkyl halides is 3. The SMILES string of the molecule is C=C(OC)C(CO)NCc1cccc(/C=C/c2cccc(-c3cccc(/C=C/c4cc(CNC(CO)C(=C)OC)ccc4C(F)(F)F)c3C)c2C)c1. The summed E-state index contributed by atoms with van der Waals surface area (Å²) in [7, 11) is 2.97. The monoisotopic (exact) mass is 712 g/mol. The van der Waals surface area contributed by atoms with Crippen LogP contribution in [0.2, 0.25) is 0 Å². The van der Waals surface area contributed by atoms with Crippen molar-refractivity contribution in [3.05, 3.63) is 154 Å². The minimum atomic E-state index is -4.54. The van der Waals surface area contributed by atoms with E-state index in [9.17, 15) is 23.4 Å². The van der Waals surface area contributed by atoms with E-state index < -0.39 is 17.8 Å². The van der Waals surface area contributed by atoms with Gasteiger partial charge in [-0.15, -0.1) is 0 Å². The second-order valence-corrected chi connectivity index (χ2v) is 12.4. The summed E-state index contributed by atoms with van der Waals surface area (Å²) in [6.07, 6.45) is 2.82. The van der Waals surface area contributed by atoms with Crippen molar-refractivity contribution in [2.45, 2.75) is 45.2 Å². The number of hydrogen-bond donors (Lipinski definition) is 4. The largest absolute Gasteiger partial charge is 0.500 e. The first-order valence-electron chi connectivity index (χ1n) is 16.9. The lowest BCUT2D eigenvalue weighted by molar-refractivity contribution is -0.137. The van der Waals surface area contributed by atoms with Crippen molar-refractivity contribution in [3.63, 3.8) is 0 Å². The topological polar surface area (TPSA) is 83.0 Å². The van der Waals surface area contributed by atoms with Crippen molar-refractivity contribution in [1.82, 2.24) is 10.6 Å². The second kappa shape index (κ2) is 18.5. The summed E-state index contributed by atoms with van der Waals surface area (Å²) in [6, 6.07) is 23.1. The van der Waals surface area contributed by atoms with Gasteiger partial charge in [0.25, 0.3) is 0 Å². The maximum absolute atomic E-state index is 14.0. The lowest BCUT2D eigenvalue weighted by Crippen LogP contribution is -2.34. The van der Waals surface area contributed by atoms with Crippen LogP contribution in [0.5, 0.6) is 0 Å². The van der Waals surface area contributed by atoms with Crippen molar-refractivity contribution in [2.24, 2.45) is 0 Å². The van der Waals surface area contributed by atoms with Gasteiger partial charge in [0, 0.05) is 13.1 Å². The normalized spacial score (nSPS) is 13.0. The number of halogens is 3. The lowest BCUT2D eigenvalue weighted by Gasteiger charge is -2.18. The van der Waals surface area contributed by atoms with E-state index in [1.54, 1.807) is 6.08 Å². The number of ether oxygens (including phenoxy) is 2. The highest BCUT2D eigenvalue weighted by Gasteiger charge is 2.32. The summed E-state index contributed by atoms with van der Waals surface area (Å²) in [5.41, 5.74) is 7.86. The first-order valence-corrected chi connectivity index (χ1v) is 16.9. The molecule has 0 aliphatic rings.